The van der Waals surface area contributed by atoms with Crippen LogP contribution in [0.15, 0.2) is 18.2 Å². The normalized spacial score (nSPS) is 14.3. The molecule has 0 saturated heterocycles. The minimum Gasteiger partial charge on any atom is -0.316 e. The number of nitrogens with one attached hydrogen (secondary N) is 1. The summed E-state index contributed by atoms with van der Waals surface area (Å²) < 4.78 is 0. The Morgan fingerprint density at radius 2 is 2.21 bits per heavy atom. The van der Waals surface area contributed by atoms with Crippen molar-refractivity contribution in [1.29, 1.82) is 0 Å². The summed E-state index contributed by atoms with van der Waals surface area (Å²) in [4.78, 5) is 15.7. The molecule has 1 N–H and O–H groups in total. The van der Waals surface area contributed by atoms with E-state index in [2.05, 4.69) is 42.4 Å². The molecule has 19 heavy (non-hydrogen) atoms. The number of nitrogens with zero attached hydrogens (tertiary/aromatic N) is 2. The van der Waals surface area contributed by atoms with Crippen molar-refractivity contribution < 1.29 is 4.79 Å². The molecule has 0 radical (unpaired) electrons. The van der Waals surface area contributed by atoms with E-state index in [0.29, 0.717) is 6.42 Å². The molecule has 4 heteroatoms. The van der Waals surface area contributed by atoms with Crippen LogP contribution in [0.2, 0.25) is 0 Å². The van der Waals surface area contributed by atoms with E-state index in [1.54, 1.807) is 4.90 Å². The molecule has 1 amide bonds. The Morgan fingerprint density at radius 1 is 1.42 bits per heavy atom. The highest BCUT2D eigenvalue weighted by Crippen LogP contribution is 2.28. The summed E-state index contributed by atoms with van der Waals surface area (Å²) in [6.07, 6.45) is 0.542. The van der Waals surface area contributed by atoms with Crippen molar-refractivity contribution in [3.63, 3.8) is 0 Å². The summed E-state index contributed by atoms with van der Waals surface area (Å²) in [6.45, 7) is 6.11. The molecule has 2 rings (SSSR count). The molecular formula is C15H23N3O. The molecule has 104 valence electrons. The van der Waals surface area contributed by atoms with Gasteiger partial charge in [0.2, 0.25) is 5.91 Å². The van der Waals surface area contributed by atoms with Gasteiger partial charge in [-0.1, -0.05) is 19.1 Å². The second-order valence-corrected chi connectivity index (χ2v) is 5.18. The van der Waals surface area contributed by atoms with Crippen LogP contribution in [0.5, 0.6) is 0 Å². The van der Waals surface area contributed by atoms with E-state index in [9.17, 15) is 4.79 Å². The molecule has 4 nitrogen and oxygen atoms in total. The molecule has 1 heterocycles. The topological polar surface area (TPSA) is 35.6 Å². The number of hydrogen-bond donors (Lipinski definition) is 1. The standard InChI is InChI=1S/C15H23N3O/c1-4-16-7-8-17(2)11-12-5-6-14-13(9-12)10-15(19)18(14)3/h5-6,9,16H,4,7-8,10-11H2,1-3H3. The Hall–Kier alpha value is -1.39. The highest BCUT2D eigenvalue weighted by Gasteiger charge is 2.23. The number of benzene rings is 1. The van der Waals surface area contributed by atoms with Gasteiger partial charge in [0.1, 0.15) is 0 Å². The molecule has 0 fully saturated rings. The molecule has 1 aromatic carbocycles. The number of likely N-dealkylation sites (N-methyl/N-ethyl adjacent to an activating group) is 3. The molecule has 0 atom stereocenters. The van der Waals surface area contributed by atoms with Crippen LogP contribution in [0.3, 0.4) is 0 Å². The second kappa shape index (κ2) is 6.17. The monoisotopic (exact) mass is 261 g/mol. The van der Waals surface area contributed by atoms with Gasteiger partial charge in [0.25, 0.3) is 0 Å². The largest absolute Gasteiger partial charge is 0.316 e. The molecule has 0 spiro atoms. The van der Waals surface area contributed by atoms with Gasteiger partial charge in [-0.05, 0) is 30.8 Å². The van der Waals surface area contributed by atoms with E-state index in [0.717, 1.165) is 37.4 Å². The zero-order valence-corrected chi connectivity index (χ0v) is 12.1. The van der Waals surface area contributed by atoms with Crippen LogP contribution in [0.25, 0.3) is 0 Å². The van der Waals surface area contributed by atoms with Crippen molar-refractivity contribution in [1.82, 2.24) is 10.2 Å². The zero-order chi connectivity index (χ0) is 13.8. The fourth-order valence-electron chi connectivity index (χ4n) is 2.46. The van der Waals surface area contributed by atoms with E-state index < -0.39 is 0 Å². The molecule has 0 unspecified atom stereocenters. The van der Waals surface area contributed by atoms with Gasteiger partial charge in [-0.25, -0.2) is 0 Å². The van der Waals surface area contributed by atoms with Crippen LogP contribution in [0.1, 0.15) is 18.1 Å². The van der Waals surface area contributed by atoms with E-state index in [-0.39, 0.29) is 5.91 Å². The summed E-state index contributed by atoms with van der Waals surface area (Å²) in [6, 6.07) is 6.35. The van der Waals surface area contributed by atoms with E-state index in [1.165, 1.54) is 5.56 Å². The van der Waals surface area contributed by atoms with Gasteiger partial charge in [0, 0.05) is 32.4 Å². The maximum absolute atomic E-state index is 11.6. The number of fused-ring (bicyclic) bond motifs is 1. The quantitative estimate of drug-likeness (QED) is 0.783. The molecule has 0 aromatic heterocycles. The van der Waals surface area contributed by atoms with Crippen LogP contribution in [-0.4, -0.2) is 44.5 Å². The lowest BCUT2D eigenvalue weighted by Gasteiger charge is -2.17. The smallest absolute Gasteiger partial charge is 0.231 e. The molecule has 1 aliphatic heterocycles. The Balaban J connectivity index is 1.96. The van der Waals surface area contributed by atoms with E-state index in [4.69, 9.17) is 0 Å². The molecule has 0 aliphatic carbocycles. The third-order valence-corrected chi connectivity index (χ3v) is 3.59. The third kappa shape index (κ3) is 3.33. The molecule has 0 saturated carbocycles. The van der Waals surface area contributed by atoms with Gasteiger partial charge in [-0.2, -0.15) is 0 Å². The fraction of sp³-hybridized carbons (Fsp3) is 0.533. The number of anilines is 1. The first kappa shape index (κ1) is 14.0. The summed E-state index contributed by atoms with van der Waals surface area (Å²) in [5.41, 5.74) is 3.50. The molecule has 1 aromatic rings. The van der Waals surface area contributed by atoms with Crippen molar-refractivity contribution in [3.8, 4) is 0 Å². The van der Waals surface area contributed by atoms with Crippen molar-refractivity contribution >= 4 is 11.6 Å². The predicted molar refractivity (Wildman–Crippen MR) is 78.4 cm³/mol. The number of amides is 1. The van der Waals surface area contributed by atoms with Crippen LogP contribution < -0.4 is 10.2 Å². The number of carbonyl (C=O) groups is 1. The van der Waals surface area contributed by atoms with E-state index >= 15 is 0 Å². The molecule has 1 aliphatic rings. The SMILES string of the molecule is CCNCCN(C)Cc1ccc2c(c1)CC(=O)N2C. The third-order valence-electron chi connectivity index (χ3n) is 3.59. The van der Waals surface area contributed by atoms with Crippen LogP contribution in [-0.2, 0) is 17.8 Å². The first-order valence-electron chi connectivity index (χ1n) is 6.89. The highest BCUT2D eigenvalue weighted by atomic mass is 16.2. The van der Waals surface area contributed by atoms with Gasteiger partial charge in [0.15, 0.2) is 0 Å². The summed E-state index contributed by atoms with van der Waals surface area (Å²) >= 11 is 0. The molecule has 0 bridgehead atoms. The first-order valence-corrected chi connectivity index (χ1v) is 6.89. The average Bonchev–Trinajstić information content (AvgIpc) is 2.65. The Kier molecular flexibility index (Phi) is 4.56. The predicted octanol–water partition coefficient (Wildman–Crippen LogP) is 1.25. The average molecular weight is 261 g/mol. The second-order valence-electron chi connectivity index (χ2n) is 5.18. The zero-order valence-electron chi connectivity index (χ0n) is 12.1. The van der Waals surface area contributed by atoms with Crippen LogP contribution >= 0.6 is 0 Å². The summed E-state index contributed by atoms with van der Waals surface area (Å²) in [5, 5.41) is 3.33. The number of rotatable bonds is 6. The van der Waals surface area contributed by atoms with Gasteiger partial charge in [0.05, 0.1) is 6.42 Å². The van der Waals surface area contributed by atoms with Crippen LogP contribution in [0.4, 0.5) is 5.69 Å². The van der Waals surface area contributed by atoms with Crippen molar-refractivity contribution in [2.45, 2.75) is 19.9 Å². The van der Waals surface area contributed by atoms with Crippen LogP contribution in [0, 0.1) is 0 Å². The summed E-state index contributed by atoms with van der Waals surface area (Å²) in [5.74, 6) is 0.188. The lowest BCUT2D eigenvalue weighted by molar-refractivity contribution is -0.117. The van der Waals surface area contributed by atoms with Crippen molar-refractivity contribution in [2.75, 3.05) is 38.6 Å². The van der Waals surface area contributed by atoms with Gasteiger partial charge in [-0.3, -0.25) is 4.79 Å². The van der Waals surface area contributed by atoms with Crippen molar-refractivity contribution in [2.24, 2.45) is 0 Å². The summed E-state index contributed by atoms with van der Waals surface area (Å²) in [7, 11) is 3.97. The minimum atomic E-state index is 0.188. The minimum absolute atomic E-state index is 0.188. The highest BCUT2D eigenvalue weighted by molar-refractivity contribution is 6.00. The molecular weight excluding hydrogens is 238 g/mol. The Labute approximate surface area is 115 Å². The first-order chi connectivity index (χ1) is 9.11. The fourth-order valence-corrected chi connectivity index (χ4v) is 2.46. The van der Waals surface area contributed by atoms with Gasteiger partial charge >= 0.3 is 0 Å². The van der Waals surface area contributed by atoms with Gasteiger partial charge in [-0.15, -0.1) is 0 Å². The maximum atomic E-state index is 11.6. The Morgan fingerprint density at radius 3 is 2.95 bits per heavy atom. The lowest BCUT2D eigenvalue weighted by Crippen LogP contribution is -2.28. The van der Waals surface area contributed by atoms with Crippen molar-refractivity contribution in [3.05, 3.63) is 29.3 Å². The maximum Gasteiger partial charge on any atom is 0.231 e. The lowest BCUT2D eigenvalue weighted by atomic mass is 10.1. The number of hydrogen-bond acceptors (Lipinski definition) is 3. The number of carbonyl (C=O) groups excluding carboxylic acids is 1. The van der Waals surface area contributed by atoms with Gasteiger partial charge < -0.3 is 15.1 Å². The van der Waals surface area contributed by atoms with E-state index in [1.807, 2.05) is 7.05 Å². The Bertz CT molecular complexity index is 459.